The van der Waals surface area contributed by atoms with Crippen LogP contribution in [-0.4, -0.2) is 81.3 Å². The lowest BCUT2D eigenvalue weighted by Gasteiger charge is -2.28. The lowest BCUT2D eigenvalue weighted by atomic mass is 10.1. The van der Waals surface area contributed by atoms with E-state index in [1.165, 1.54) is 47.4 Å². The third-order valence-electron chi connectivity index (χ3n) is 10.9. The van der Waals surface area contributed by atoms with Gasteiger partial charge in [-0.2, -0.15) is 8.42 Å². The molecule has 4 N–H and O–H groups in total. The maximum Gasteiger partial charge on any atom is 0.296 e. The molecule has 0 unspecified atom stereocenters. The Labute approximate surface area is 362 Å². The highest BCUT2D eigenvalue weighted by Gasteiger charge is 2.61. The molecular formula is C44H44BrN5O9S2. The molecule has 1 aliphatic heterocycles. The molecular weight excluding hydrogens is 887 g/mol. The monoisotopic (exact) mass is 929 g/mol. The summed E-state index contributed by atoms with van der Waals surface area (Å²) in [7, 11) is -8.47. The van der Waals surface area contributed by atoms with Crippen molar-refractivity contribution in [2.75, 3.05) is 13.2 Å². The smallest absolute Gasteiger partial charge is 0.296 e. The first-order chi connectivity index (χ1) is 29.1. The molecule has 318 valence electrons. The van der Waals surface area contributed by atoms with Crippen LogP contribution in [0.2, 0.25) is 0 Å². The lowest BCUT2D eigenvalue weighted by molar-refractivity contribution is -0.140. The van der Waals surface area contributed by atoms with Crippen LogP contribution >= 0.6 is 15.9 Å². The number of carbonyl (C=O) groups excluding carboxylic acids is 3. The summed E-state index contributed by atoms with van der Waals surface area (Å²) >= 11 is 3.27. The summed E-state index contributed by atoms with van der Waals surface area (Å²) in [5.74, 6) is -2.53. The van der Waals surface area contributed by atoms with Crippen molar-refractivity contribution in [2.45, 2.75) is 66.1 Å². The molecule has 2 heterocycles. The highest BCUT2D eigenvalue weighted by atomic mass is 79.9. The van der Waals surface area contributed by atoms with Crippen molar-refractivity contribution >= 4 is 64.7 Å². The van der Waals surface area contributed by atoms with Gasteiger partial charge in [0, 0.05) is 33.8 Å². The first-order valence-corrected chi connectivity index (χ1v) is 23.3. The van der Waals surface area contributed by atoms with Gasteiger partial charge in [-0.3, -0.25) is 18.6 Å². The van der Waals surface area contributed by atoms with Crippen molar-refractivity contribution in [1.82, 2.24) is 19.9 Å². The summed E-state index contributed by atoms with van der Waals surface area (Å²) < 4.78 is 66.7. The number of likely N-dealkylation sites (tertiary alicyclic amines) is 1. The van der Waals surface area contributed by atoms with E-state index in [0.29, 0.717) is 26.8 Å². The van der Waals surface area contributed by atoms with Gasteiger partial charge in [0.05, 0.1) is 40.2 Å². The van der Waals surface area contributed by atoms with Crippen molar-refractivity contribution in [2.24, 2.45) is 11.7 Å². The predicted molar refractivity (Wildman–Crippen MR) is 232 cm³/mol. The summed E-state index contributed by atoms with van der Waals surface area (Å²) in [5.41, 5.74) is 7.99. The van der Waals surface area contributed by atoms with Crippen molar-refractivity contribution in [3.05, 3.63) is 132 Å². The number of carbonyl (C=O) groups is 3. The fourth-order valence-corrected chi connectivity index (χ4v) is 9.62. The van der Waals surface area contributed by atoms with Gasteiger partial charge in [-0.05, 0) is 73.4 Å². The minimum atomic E-state index is -4.30. The molecule has 7 rings (SSSR count). The zero-order valence-corrected chi connectivity index (χ0v) is 36.3. The fourth-order valence-electron chi connectivity index (χ4n) is 7.37. The lowest BCUT2D eigenvalue weighted by Crippen LogP contribution is -2.57. The van der Waals surface area contributed by atoms with Crippen LogP contribution in [0.5, 0.6) is 5.75 Å². The molecule has 1 aromatic heterocycles. The Kier molecular flexibility index (Phi) is 12.8. The van der Waals surface area contributed by atoms with Crippen LogP contribution in [0.4, 0.5) is 0 Å². The van der Waals surface area contributed by atoms with Gasteiger partial charge in [-0.15, -0.1) is 6.58 Å². The third-order valence-corrected chi connectivity index (χ3v) is 14.1. The van der Waals surface area contributed by atoms with Gasteiger partial charge < -0.3 is 20.7 Å². The van der Waals surface area contributed by atoms with Gasteiger partial charge in [-0.25, -0.2) is 18.1 Å². The van der Waals surface area contributed by atoms with E-state index in [9.17, 15) is 31.2 Å². The van der Waals surface area contributed by atoms with Gasteiger partial charge >= 0.3 is 0 Å². The van der Waals surface area contributed by atoms with Gasteiger partial charge in [0.2, 0.25) is 11.8 Å². The third kappa shape index (κ3) is 9.55. The number of rotatable bonds is 16. The second-order valence-electron chi connectivity index (χ2n) is 14.9. The maximum absolute atomic E-state index is 14.4. The number of halogens is 1. The molecule has 4 aromatic carbocycles. The minimum Gasteiger partial charge on any atom is -0.488 e. The molecule has 17 heteroatoms. The Morgan fingerprint density at radius 3 is 2.31 bits per heavy atom. The molecule has 1 saturated heterocycles. The van der Waals surface area contributed by atoms with Crippen LogP contribution in [0, 0.1) is 5.92 Å². The van der Waals surface area contributed by atoms with Crippen molar-refractivity contribution in [3.63, 3.8) is 0 Å². The van der Waals surface area contributed by atoms with E-state index >= 15 is 0 Å². The Bertz CT molecular complexity index is 2690. The molecule has 14 nitrogen and oxygen atoms in total. The van der Waals surface area contributed by atoms with Crippen LogP contribution in [-0.2, 0) is 45.1 Å². The molecule has 61 heavy (non-hydrogen) atoms. The molecule has 0 spiro atoms. The van der Waals surface area contributed by atoms with Crippen LogP contribution in [0.3, 0.4) is 0 Å². The van der Waals surface area contributed by atoms with Crippen LogP contribution in [0.25, 0.3) is 22.2 Å². The summed E-state index contributed by atoms with van der Waals surface area (Å²) in [4.78, 5) is 48.3. The number of hydrogen-bond acceptors (Lipinski definition) is 11. The highest BCUT2D eigenvalue weighted by molar-refractivity contribution is 9.10. The number of aromatic nitrogens is 1. The molecule has 3 amide bonds. The fraction of sp³-hybridized carbons (Fsp3) is 0.273. The molecule has 0 bridgehead atoms. The summed E-state index contributed by atoms with van der Waals surface area (Å²) in [6.07, 6.45) is 1.29. The number of hydrogen-bond donors (Lipinski definition) is 3. The Morgan fingerprint density at radius 1 is 0.967 bits per heavy atom. The molecule has 2 aliphatic rings. The van der Waals surface area contributed by atoms with Crippen molar-refractivity contribution < 1.29 is 40.1 Å². The van der Waals surface area contributed by atoms with Gasteiger partial charge in [0.1, 0.15) is 23.4 Å². The van der Waals surface area contributed by atoms with E-state index in [1.54, 1.807) is 18.2 Å². The van der Waals surface area contributed by atoms with Crippen molar-refractivity contribution in [1.29, 1.82) is 0 Å². The number of sulfonamides is 1. The number of nitrogens with two attached hydrogens (primary N) is 1. The number of pyridine rings is 1. The summed E-state index contributed by atoms with van der Waals surface area (Å²) in [6, 6.07) is 27.9. The number of nitrogens with one attached hydrogen (secondary N) is 2. The van der Waals surface area contributed by atoms with E-state index in [2.05, 4.69) is 32.5 Å². The number of benzene rings is 4. The normalized spacial score (nSPS) is 20.4. The number of fused-ring (bicyclic) bond motifs is 1. The van der Waals surface area contributed by atoms with E-state index in [4.69, 9.17) is 19.6 Å². The number of nitrogens with zero attached hydrogens (tertiary/aromatic N) is 2. The van der Waals surface area contributed by atoms with Crippen molar-refractivity contribution in [3.8, 4) is 17.0 Å². The number of ether oxygens (including phenoxy) is 1. The quantitative estimate of drug-likeness (QED) is 0.0860. The van der Waals surface area contributed by atoms with Gasteiger partial charge in [0.25, 0.3) is 26.0 Å². The Balaban J connectivity index is 1.15. The first-order valence-electron chi connectivity index (χ1n) is 19.6. The maximum atomic E-state index is 14.4. The number of aryl methyl sites for hydroxylation is 1. The van der Waals surface area contributed by atoms with Crippen LogP contribution in [0.15, 0.2) is 136 Å². The highest BCUT2D eigenvalue weighted by Crippen LogP contribution is 2.45. The standard InChI is InChI=1S/C44H44BrN5O9S2/c1-3-28-15-20-35-38(23-28)47-37(29-11-7-5-8-12-29)25-40(35)59-32-24-39(50(27-32)42(52)36(46)21-22-58-61(56,57)34-18-16-31(45)17-19-34)41(51)48-44(26-30(44)4-2)43(53)49-60(54,55)33-13-9-6-10-14-33/h4-20,23,25,30,32,36,39H,2-3,21-22,24,26-27,46H2,1H3,(H,48,51)(H,49,53)/t30-,32-,36+,39+,44-/m1/s1. The van der Waals surface area contributed by atoms with E-state index in [0.717, 1.165) is 17.5 Å². The molecule has 5 atom stereocenters. The van der Waals surface area contributed by atoms with E-state index in [-0.39, 0.29) is 35.6 Å². The second kappa shape index (κ2) is 17.9. The minimum absolute atomic E-state index is 0.0327. The molecule has 5 aromatic rings. The topological polar surface area (TPSA) is 204 Å². The van der Waals surface area contributed by atoms with Crippen LogP contribution < -0.4 is 20.5 Å². The average Bonchev–Trinajstić information content (AvgIpc) is 3.82. The Hall–Kier alpha value is -5.46. The molecule has 1 saturated carbocycles. The first kappa shape index (κ1) is 43.6. The molecule has 2 fully saturated rings. The van der Waals surface area contributed by atoms with Crippen LogP contribution in [0.1, 0.15) is 31.7 Å². The van der Waals surface area contributed by atoms with Gasteiger partial charge in [0.15, 0.2) is 0 Å². The zero-order chi connectivity index (χ0) is 43.5. The number of amides is 3. The predicted octanol–water partition coefficient (Wildman–Crippen LogP) is 5.26. The zero-order valence-electron chi connectivity index (χ0n) is 33.1. The second-order valence-corrected chi connectivity index (χ2v) is 19.2. The van der Waals surface area contributed by atoms with E-state index < -0.39 is 74.1 Å². The summed E-state index contributed by atoms with van der Waals surface area (Å²) in [6.45, 7) is 5.28. The van der Waals surface area contributed by atoms with E-state index in [1.807, 2.05) is 61.5 Å². The Morgan fingerprint density at radius 2 is 1.66 bits per heavy atom. The largest absolute Gasteiger partial charge is 0.488 e. The average molecular weight is 931 g/mol. The SMILES string of the molecule is C=C[C@@H]1C[C@]1(NC(=O)[C@@H]1C[C@@H](Oc2cc(-c3ccccc3)nc3cc(CC)ccc23)CN1C(=O)[C@@H](N)CCOS(=O)(=O)c1ccc(Br)cc1)C(=O)NS(=O)(=O)c1ccccc1. The van der Waals surface area contributed by atoms with Gasteiger partial charge in [-0.1, -0.05) is 83.5 Å². The summed E-state index contributed by atoms with van der Waals surface area (Å²) in [5, 5.41) is 3.47. The molecule has 1 aliphatic carbocycles. The molecule has 0 radical (unpaired) electrons.